The molecule has 0 unspecified atom stereocenters. The van der Waals surface area contributed by atoms with E-state index in [1.807, 2.05) is 25.1 Å². The quantitative estimate of drug-likeness (QED) is 0.855. The molecule has 0 aliphatic heterocycles. The van der Waals surface area contributed by atoms with Gasteiger partial charge in [-0.25, -0.2) is 0 Å². The van der Waals surface area contributed by atoms with E-state index in [2.05, 4.69) is 15.9 Å². The van der Waals surface area contributed by atoms with Gasteiger partial charge < -0.3 is 4.90 Å². The number of amides is 1. The highest BCUT2D eigenvalue weighted by Crippen LogP contribution is 2.19. The third-order valence-corrected chi connectivity index (χ3v) is 2.92. The molecule has 0 N–H and O–H groups in total. The first-order valence-corrected chi connectivity index (χ1v) is 5.74. The van der Waals surface area contributed by atoms with E-state index in [1.54, 1.807) is 18.0 Å². The lowest BCUT2D eigenvalue weighted by atomic mass is 10.1. The van der Waals surface area contributed by atoms with Crippen LogP contribution in [-0.4, -0.2) is 24.4 Å². The molecule has 1 aromatic carbocycles. The molecule has 0 spiro atoms. The minimum atomic E-state index is -0.0675. The van der Waals surface area contributed by atoms with Crippen LogP contribution in [0.4, 0.5) is 0 Å². The van der Waals surface area contributed by atoms with Crippen molar-refractivity contribution in [3.05, 3.63) is 33.8 Å². The molecule has 3 nitrogen and oxygen atoms in total. The predicted octanol–water partition coefficient (Wildman–Crippen LogP) is 2.74. The number of aryl methyl sites for hydroxylation is 1. The number of halogens is 1. The Bertz CT molecular complexity index is 437. The minimum absolute atomic E-state index is 0.0675. The van der Waals surface area contributed by atoms with Crippen molar-refractivity contribution in [3.63, 3.8) is 0 Å². The normalized spacial score (nSPS) is 9.62. The van der Waals surface area contributed by atoms with Crippen molar-refractivity contribution in [1.82, 2.24) is 4.90 Å². The second-order valence-corrected chi connectivity index (χ2v) is 4.47. The molecule has 0 aliphatic rings. The molecule has 1 rings (SSSR count). The van der Waals surface area contributed by atoms with Crippen LogP contribution in [0.25, 0.3) is 0 Å². The molecule has 84 valence electrons. The zero-order valence-corrected chi connectivity index (χ0v) is 10.9. The second-order valence-electron chi connectivity index (χ2n) is 3.62. The van der Waals surface area contributed by atoms with Crippen molar-refractivity contribution in [1.29, 1.82) is 5.26 Å². The van der Waals surface area contributed by atoms with Crippen LogP contribution < -0.4 is 0 Å². The molecule has 0 saturated heterocycles. The van der Waals surface area contributed by atoms with Crippen LogP contribution >= 0.6 is 15.9 Å². The van der Waals surface area contributed by atoms with E-state index in [0.29, 0.717) is 18.5 Å². The van der Waals surface area contributed by atoms with Gasteiger partial charge in [0.05, 0.1) is 18.1 Å². The fraction of sp³-hybridized carbons (Fsp3) is 0.333. The summed E-state index contributed by atoms with van der Waals surface area (Å²) in [4.78, 5) is 13.5. The van der Waals surface area contributed by atoms with E-state index in [1.165, 1.54) is 0 Å². The zero-order valence-electron chi connectivity index (χ0n) is 9.33. The molecule has 0 aliphatic carbocycles. The number of carbonyl (C=O) groups excluding carboxylic acids is 1. The van der Waals surface area contributed by atoms with E-state index >= 15 is 0 Å². The molecule has 0 heterocycles. The maximum absolute atomic E-state index is 12.0. The number of benzene rings is 1. The van der Waals surface area contributed by atoms with E-state index in [-0.39, 0.29) is 5.91 Å². The van der Waals surface area contributed by atoms with Gasteiger partial charge in [-0.3, -0.25) is 4.79 Å². The van der Waals surface area contributed by atoms with Crippen LogP contribution in [0.2, 0.25) is 0 Å². The van der Waals surface area contributed by atoms with Gasteiger partial charge in [0.15, 0.2) is 0 Å². The average molecular weight is 281 g/mol. The van der Waals surface area contributed by atoms with Crippen LogP contribution in [0.3, 0.4) is 0 Å². The second kappa shape index (κ2) is 5.66. The molecule has 0 bridgehead atoms. The first kappa shape index (κ1) is 12.7. The molecule has 4 heteroatoms. The van der Waals surface area contributed by atoms with Crippen molar-refractivity contribution < 1.29 is 4.79 Å². The summed E-state index contributed by atoms with van der Waals surface area (Å²) in [6.07, 6.45) is 0.353. The molecule has 0 radical (unpaired) electrons. The lowest BCUT2D eigenvalue weighted by Crippen LogP contribution is -2.27. The Balaban J connectivity index is 2.84. The molecule has 1 aromatic rings. The molecular weight excluding hydrogens is 268 g/mol. The summed E-state index contributed by atoms with van der Waals surface area (Å²) in [6, 6.07) is 7.63. The highest BCUT2D eigenvalue weighted by atomic mass is 79.9. The molecule has 0 aromatic heterocycles. The summed E-state index contributed by atoms with van der Waals surface area (Å²) >= 11 is 3.37. The monoisotopic (exact) mass is 280 g/mol. The summed E-state index contributed by atoms with van der Waals surface area (Å²) in [5.41, 5.74) is 1.73. The summed E-state index contributed by atoms with van der Waals surface area (Å²) in [7, 11) is 1.70. The fourth-order valence-corrected chi connectivity index (χ4v) is 1.98. The summed E-state index contributed by atoms with van der Waals surface area (Å²) < 4.78 is 0.793. The van der Waals surface area contributed by atoms with Crippen molar-refractivity contribution in [2.24, 2.45) is 0 Å². The van der Waals surface area contributed by atoms with Crippen LogP contribution in [-0.2, 0) is 0 Å². The Hall–Kier alpha value is -1.34. The summed E-state index contributed by atoms with van der Waals surface area (Å²) in [6.45, 7) is 2.42. The predicted molar refractivity (Wildman–Crippen MR) is 66.1 cm³/mol. The van der Waals surface area contributed by atoms with E-state index in [4.69, 9.17) is 5.26 Å². The van der Waals surface area contributed by atoms with E-state index < -0.39 is 0 Å². The standard InChI is InChI=1S/C12H13BrN2O/c1-9-4-5-10(11(13)8-9)12(16)15(2)7-3-6-14/h4-5,8H,3,7H2,1-2H3. The maximum Gasteiger partial charge on any atom is 0.254 e. The summed E-state index contributed by atoms with van der Waals surface area (Å²) in [5, 5.41) is 8.46. The molecule has 1 amide bonds. The topological polar surface area (TPSA) is 44.1 Å². The Kier molecular flexibility index (Phi) is 4.51. The smallest absolute Gasteiger partial charge is 0.254 e. The van der Waals surface area contributed by atoms with Gasteiger partial charge in [0.2, 0.25) is 0 Å². The van der Waals surface area contributed by atoms with E-state index in [0.717, 1.165) is 10.0 Å². The molecule has 0 atom stereocenters. The minimum Gasteiger partial charge on any atom is -0.341 e. The van der Waals surface area contributed by atoms with Crippen molar-refractivity contribution in [2.45, 2.75) is 13.3 Å². The molecule has 0 saturated carbocycles. The maximum atomic E-state index is 12.0. The lowest BCUT2D eigenvalue weighted by molar-refractivity contribution is 0.0797. The summed E-state index contributed by atoms with van der Waals surface area (Å²) in [5.74, 6) is -0.0675. The van der Waals surface area contributed by atoms with Gasteiger partial charge in [0.25, 0.3) is 5.91 Å². The number of rotatable bonds is 3. The van der Waals surface area contributed by atoms with Gasteiger partial charge in [0, 0.05) is 18.1 Å². The first-order valence-electron chi connectivity index (χ1n) is 4.95. The number of carbonyl (C=O) groups is 1. The number of hydrogen-bond donors (Lipinski definition) is 0. The Morgan fingerprint density at radius 1 is 1.56 bits per heavy atom. The van der Waals surface area contributed by atoms with Crippen LogP contribution in [0, 0.1) is 18.3 Å². The van der Waals surface area contributed by atoms with E-state index in [9.17, 15) is 4.79 Å². The van der Waals surface area contributed by atoms with Gasteiger partial charge in [-0.15, -0.1) is 0 Å². The van der Waals surface area contributed by atoms with Gasteiger partial charge in [0.1, 0.15) is 0 Å². The SMILES string of the molecule is Cc1ccc(C(=O)N(C)CCC#N)c(Br)c1. The van der Waals surface area contributed by atoms with Crippen LogP contribution in [0.15, 0.2) is 22.7 Å². The number of hydrogen-bond acceptors (Lipinski definition) is 2. The number of nitrogens with zero attached hydrogens (tertiary/aromatic N) is 2. The van der Waals surface area contributed by atoms with Gasteiger partial charge in [-0.1, -0.05) is 6.07 Å². The third-order valence-electron chi connectivity index (χ3n) is 2.26. The van der Waals surface area contributed by atoms with Crippen molar-refractivity contribution in [2.75, 3.05) is 13.6 Å². The average Bonchev–Trinajstić information content (AvgIpc) is 2.25. The molecular formula is C12H13BrN2O. The molecule has 0 fully saturated rings. The van der Waals surface area contributed by atoms with Crippen molar-refractivity contribution in [3.8, 4) is 6.07 Å². The zero-order chi connectivity index (χ0) is 12.1. The number of nitriles is 1. The lowest BCUT2D eigenvalue weighted by Gasteiger charge is -2.16. The largest absolute Gasteiger partial charge is 0.341 e. The van der Waals surface area contributed by atoms with Crippen LogP contribution in [0.1, 0.15) is 22.3 Å². The third kappa shape index (κ3) is 3.07. The molecule has 16 heavy (non-hydrogen) atoms. The fourth-order valence-electron chi connectivity index (χ4n) is 1.32. The Labute approximate surface area is 104 Å². The highest BCUT2D eigenvalue weighted by Gasteiger charge is 2.14. The van der Waals surface area contributed by atoms with Crippen LogP contribution in [0.5, 0.6) is 0 Å². The Morgan fingerprint density at radius 3 is 2.81 bits per heavy atom. The highest BCUT2D eigenvalue weighted by molar-refractivity contribution is 9.10. The first-order chi connectivity index (χ1) is 7.56. The van der Waals surface area contributed by atoms with Gasteiger partial charge in [-0.2, -0.15) is 5.26 Å². The van der Waals surface area contributed by atoms with Crippen molar-refractivity contribution >= 4 is 21.8 Å². The van der Waals surface area contributed by atoms with Gasteiger partial charge >= 0.3 is 0 Å². The van der Waals surface area contributed by atoms with Gasteiger partial charge in [-0.05, 0) is 40.5 Å². The Morgan fingerprint density at radius 2 is 2.25 bits per heavy atom.